The second-order valence-electron chi connectivity index (χ2n) is 7.42. The fraction of sp³-hybridized carbons (Fsp3) is 0.273. The van der Waals surface area contributed by atoms with Crippen LogP contribution in [0, 0.1) is 5.92 Å². The Hall–Kier alpha value is -3.52. The number of carboxylic acids is 1. The number of carboxylic acid groups (broad SMARTS) is 1. The van der Waals surface area contributed by atoms with E-state index in [4.69, 9.17) is 10.3 Å². The molecule has 0 spiro atoms. The van der Waals surface area contributed by atoms with E-state index >= 15 is 0 Å². The van der Waals surface area contributed by atoms with Crippen molar-refractivity contribution < 1.29 is 19.2 Å². The number of hydrogen-bond acceptors (Lipinski definition) is 6. The molecule has 1 fully saturated rings. The lowest BCUT2D eigenvalue weighted by Crippen LogP contribution is -2.41. The van der Waals surface area contributed by atoms with Crippen LogP contribution in [0.2, 0.25) is 0 Å². The van der Waals surface area contributed by atoms with Crippen LogP contribution in [0.1, 0.15) is 23.2 Å². The molecule has 2 aromatic carbocycles. The summed E-state index contributed by atoms with van der Waals surface area (Å²) < 4.78 is 5.44. The van der Waals surface area contributed by atoms with Gasteiger partial charge >= 0.3 is 5.97 Å². The van der Waals surface area contributed by atoms with Crippen LogP contribution in [0.4, 0.5) is 0 Å². The number of amides is 1. The molecule has 1 aromatic heterocycles. The molecule has 0 bridgehead atoms. The highest BCUT2D eigenvalue weighted by molar-refractivity contribution is 6.00. The Morgan fingerprint density at radius 2 is 1.77 bits per heavy atom. The van der Waals surface area contributed by atoms with E-state index < -0.39 is 11.9 Å². The summed E-state index contributed by atoms with van der Waals surface area (Å²) in [7, 11) is 0. The fourth-order valence-corrected chi connectivity index (χ4v) is 3.65. The lowest BCUT2D eigenvalue weighted by Gasteiger charge is -2.25. The van der Waals surface area contributed by atoms with Gasteiger partial charge in [-0.2, -0.15) is 4.98 Å². The number of nitrogens with zero attached hydrogens (tertiary/aromatic N) is 3. The Bertz CT molecular complexity index is 1050. The van der Waals surface area contributed by atoms with Crippen LogP contribution in [-0.4, -0.2) is 51.2 Å². The maximum atomic E-state index is 13.3. The zero-order valence-electron chi connectivity index (χ0n) is 16.3. The molecule has 0 aliphatic carbocycles. The Labute approximate surface area is 173 Å². The number of benzene rings is 2. The number of carbonyl (C=O) groups excluding carboxylic acids is 1. The van der Waals surface area contributed by atoms with Crippen molar-refractivity contribution >= 4 is 11.9 Å². The molecule has 0 unspecified atom stereocenters. The van der Waals surface area contributed by atoms with Crippen molar-refractivity contribution in [3.05, 3.63) is 60.2 Å². The van der Waals surface area contributed by atoms with Gasteiger partial charge in [0, 0.05) is 24.7 Å². The van der Waals surface area contributed by atoms with Crippen molar-refractivity contribution in [1.29, 1.82) is 0 Å². The summed E-state index contributed by atoms with van der Waals surface area (Å²) in [6, 6.07) is 16.1. The fourth-order valence-electron chi connectivity index (χ4n) is 3.65. The van der Waals surface area contributed by atoms with E-state index in [0.717, 1.165) is 5.56 Å². The smallest absolute Gasteiger partial charge is 0.308 e. The Kier molecular flexibility index (Phi) is 5.58. The minimum Gasteiger partial charge on any atom is -0.481 e. The summed E-state index contributed by atoms with van der Waals surface area (Å²) in [6.45, 7) is 0.422. The number of carbonyl (C=O) groups is 2. The third-order valence-corrected chi connectivity index (χ3v) is 5.26. The van der Waals surface area contributed by atoms with Gasteiger partial charge < -0.3 is 20.3 Å². The van der Waals surface area contributed by atoms with Crippen LogP contribution in [0.5, 0.6) is 0 Å². The molecule has 8 nitrogen and oxygen atoms in total. The summed E-state index contributed by atoms with van der Waals surface area (Å²) >= 11 is 0. The SMILES string of the molecule is N[C@@H]1CC[C@H](C(=O)O)CN(C(=O)c2ccccc2-c2nc(-c3ccccc3)no2)C1. The van der Waals surface area contributed by atoms with Crippen molar-refractivity contribution in [1.82, 2.24) is 15.0 Å². The molecule has 1 saturated heterocycles. The first-order valence-electron chi connectivity index (χ1n) is 9.79. The lowest BCUT2D eigenvalue weighted by atomic mass is 10.0. The zero-order valence-corrected chi connectivity index (χ0v) is 16.3. The number of aromatic nitrogens is 2. The molecule has 0 radical (unpaired) electrons. The minimum absolute atomic E-state index is 0.120. The number of rotatable bonds is 4. The van der Waals surface area contributed by atoms with Crippen molar-refractivity contribution in [3.8, 4) is 22.8 Å². The minimum atomic E-state index is -0.917. The van der Waals surface area contributed by atoms with Crippen molar-refractivity contribution in [3.63, 3.8) is 0 Å². The number of nitrogens with two attached hydrogens (primary N) is 1. The van der Waals surface area contributed by atoms with E-state index in [9.17, 15) is 14.7 Å². The lowest BCUT2D eigenvalue weighted by molar-refractivity contribution is -0.142. The van der Waals surface area contributed by atoms with E-state index in [1.165, 1.54) is 4.90 Å². The van der Waals surface area contributed by atoms with E-state index in [-0.39, 0.29) is 24.4 Å². The highest BCUT2D eigenvalue weighted by Gasteiger charge is 2.31. The summed E-state index contributed by atoms with van der Waals surface area (Å²) in [6.07, 6.45) is 1.01. The monoisotopic (exact) mass is 406 g/mol. The molecule has 1 amide bonds. The predicted molar refractivity (Wildman–Crippen MR) is 109 cm³/mol. The van der Waals surface area contributed by atoms with Crippen LogP contribution >= 0.6 is 0 Å². The molecule has 154 valence electrons. The first-order chi connectivity index (χ1) is 14.5. The van der Waals surface area contributed by atoms with E-state index in [1.807, 2.05) is 30.3 Å². The van der Waals surface area contributed by atoms with Gasteiger partial charge in [0.15, 0.2) is 0 Å². The van der Waals surface area contributed by atoms with Gasteiger partial charge in [0.05, 0.1) is 17.0 Å². The number of aliphatic carboxylic acids is 1. The zero-order chi connectivity index (χ0) is 21.1. The van der Waals surface area contributed by atoms with Gasteiger partial charge in [-0.25, -0.2) is 0 Å². The Balaban J connectivity index is 1.65. The number of likely N-dealkylation sites (tertiary alicyclic amines) is 1. The molecular weight excluding hydrogens is 384 g/mol. The van der Waals surface area contributed by atoms with Gasteiger partial charge in [-0.1, -0.05) is 47.6 Å². The molecule has 0 saturated carbocycles. The summed E-state index contributed by atoms with van der Waals surface area (Å²) in [5, 5.41) is 13.5. The first-order valence-corrected chi connectivity index (χ1v) is 9.79. The van der Waals surface area contributed by atoms with Gasteiger partial charge in [-0.15, -0.1) is 0 Å². The van der Waals surface area contributed by atoms with Crippen molar-refractivity contribution in [2.45, 2.75) is 18.9 Å². The van der Waals surface area contributed by atoms with Crippen LogP contribution in [0.3, 0.4) is 0 Å². The topological polar surface area (TPSA) is 123 Å². The van der Waals surface area contributed by atoms with Crippen LogP contribution in [0.15, 0.2) is 59.1 Å². The average molecular weight is 406 g/mol. The van der Waals surface area contributed by atoms with Crippen LogP contribution < -0.4 is 5.73 Å². The van der Waals surface area contributed by atoms with E-state index in [2.05, 4.69) is 10.1 Å². The second-order valence-corrected chi connectivity index (χ2v) is 7.42. The van der Waals surface area contributed by atoms with Crippen LogP contribution in [-0.2, 0) is 4.79 Å². The largest absolute Gasteiger partial charge is 0.481 e. The molecule has 4 rings (SSSR count). The second kappa shape index (κ2) is 8.46. The quantitative estimate of drug-likeness (QED) is 0.683. The third-order valence-electron chi connectivity index (χ3n) is 5.26. The van der Waals surface area contributed by atoms with Crippen molar-refractivity contribution in [2.24, 2.45) is 11.7 Å². The molecule has 30 heavy (non-hydrogen) atoms. The first kappa shape index (κ1) is 19.8. The van der Waals surface area contributed by atoms with Gasteiger partial charge in [-0.3, -0.25) is 9.59 Å². The third kappa shape index (κ3) is 4.08. The van der Waals surface area contributed by atoms with Gasteiger partial charge in [-0.05, 0) is 25.0 Å². The molecule has 1 aliphatic rings. The maximum absolute atomic E-state index is 13.3. The average Bonchev–Trinajstić information content (AvgIpc) is 3.17. The van der Waals surface area contributed by atoms with E-state index in [0.29, 0.717) is 36.3 Å². The molecule has 3 N–H and O–H groups in total. The standard InChI is InChI=1S/C22H22N4O4/c23-16-11-10-15(22(28)29)12-26(13-16)21(27)18-9-5-4-8-17(18)20-24-19(25-30-20)14-6-2-1-3-7-14/h1-9,15-16H,10-13,23H2,(H,28,29)/t15-,16+/m0/s1. The molecule has 2 atom stereocenters. The maximum Gasteiger partial charge on any atom is 0.308 e. The van der Waals surface area contributed by atoms with Crippen LogP contribution in [0.25, 0.3) is 22.8 Å². The normalized spacial score (nSPS) is 19.3. The molecular formula is C22H22N4O4. The summed E-state index contributed by atoms with van der Waals surface area (Å²) in [5.41, 5.74) is 7.77. The predicted octanol–water partition coefficient (Wildman–Crippen LogP) is 2.67. The summed E-state index contributed by atoms with van der Waals surface area (Å²) in [4.78, 5) is 30.8. The Morgan fingerprint density at radius 1 is 1.03 bits per heavy atom. The van der Waals surface area contributed by atoms with Gasteiger partial charge in [0.2, 0.25) is 5.82 Å². The highest BCUT2D eigenvalue weighted by atomic mass is 16.5. The van der Waals surface area contributed by atoms with E-state index in [1.54, 1.807) is 24.3 Å². The molecule has 1 aliphatic heterocycles. The molecule has 2 heterocycles. The van der Waals surface area contributed by atoms with Crippen molar-refractivity contribution in [2.75, 3.05) is 13.1 Å². The highest BCUT2D eigenvalue weighted by Crippen LogP contribution is 2.27. The molecule has 8 heteroatoms. The summed E-state index contributed by atoms with van der Waals surface area (Å²) in [5.74, 6) is -1.20. The molecule has 3 aromatic rings. The Morgan fingerprint density at radius 3 is 2.53 bits per heavy atom. The van der Waals surface area contributed by atoms with Gasteiger partial charge in [0.1, 0.15) is 0 Å². The van der Waals surface area contributed by atoms with Gasteiger partial charge in [0.25, 0.3) is 11.8 Å². The number of hydrogen-bond donors (Lipinski definition) is 2.